The van der Waals surface area contributed by atoms with Gasteiger partial charge in [-0.05, 0) is 36.4 Å². The molecule has 2 atom stereocenters. The first-order valence-corrected chi connectivity index (χ1v) is 7.01. The molecule has 2 unspecified atom stereocenters. The molecule has 1 aliphatic rings. The van der Waals surface area contributed by atoms with E-state index in [9.17, 15) is 4.79 Å². The predicted molar refractivity (Wildman–Crippen MR) is 69.7 cm³/mol. The van der Waals surface area contributed by atoms with Crippen LogP contribution >= 0.6 is 23.4 Å². The number of rotatable bonds is 3. The van der Waals surface area contributed by atoms with Crippen LogP contribution in [0, 0.1) is 5.92 Å². The van der Waals surface area contributed by atoms with Crippen molar-refractivity contribution in [2.45, 2.75) is 17.4 Å². The number of carboxylic acid groups (broad SMARTS) is 1. The van der Waals surface area contributed by atoms with E-state index in [4.69, 9.17) is 16.7 Å². The minimum atomic E-state index is -0.739. The smallest absolute Gasteiger partial charge is 0.307 e. The van der Waals surface area contributed by atoms with E-state index in [1.165, 1.54) is 0 Å². The van der Waals surface area contributed by atoms with Crippen molar-refractivity contribution in [3.63, 3.8) is 0 Å². The molecule has 0 aliphatic carbocycles. The molecule has 0 bridgehead atoms. The Kier molecular flexibility index (Phi) is 3.97. The minimum absolute atomic E-state index is 0.0516. The fraction of sp³-hybridized carbons (Fsp3) is 0.417. The van der Waals surface area contributed by atoms with Gasteiger partial charge < -0.3 is 10.4 Å². The van der Waals surface area contributed by atoms with Gasteiger partial charge in [0.2, 0.25) is 0 Å². The van der Waals surface area contributed by atoms with Gasteiger partial charge in [0.1, 0.15) is 0 Å². The molecule has 0 amide bonds. The van der Waals surface area contributed by atoms with Crippen LogP contribution in [0.1, 0.15) is 18.0 Å². The Hall–Kier alpha value is -0.710. The summed E-state index contributed by atoms with van der Waals surface area (Å²) in [6, 6.07) is 5.93. The molecule has 0 aromatic heterocycles. The second-order valence-electron chi connectivity index (χ2n) is 4.12. The third-order valence-corrected chi connectivity index (χ3v) is 4.13. The van der Waals surface area contributed by atoms with Crippen LogP contribution in [0.2, 0.25) is 5.02 Å². The van der Waals surface area contributed by atoms with E-state index in [-0.39, 0.29) is 12.0 Å². The quantitative estimate of drug-likeness (QED) is 0.830. The second-order valence-corrected chi connectivity index (χ2v) is 5.41. The fourth-order valence-electron chi connectivity index (χ4n) is 2.08. The van der Waals surface area contributed by atoms with Gasteiger partial charge in [0.05, 0.1) is 5.92 Å². The lowest BCUT2D eigenvalue weighted by Gasteiger charge is -2.13. The minimum Gasteiger partial charge on any atom is -0.481 e. The Balaban J connectivity index is 2.20. The number of hydrogen-bond acceptors (Lipinski definition) is 3. The summed E-state index contributed by atoms with van der Waals surface area (Å²) in [6.45, 7) is 0.514. The predicted octanol–water partition coefficient (Wildman–Crippen LogP) is 2.80. The van der Waals surface area contributed by atoms with Gasteiger partial charge in [-0.25, -0.2) is 0 Å². The van der Waals surface area contributed by atoms with E-state index in [0.29, 0.717) is 18.0 Å². The maximum atomic E-state index is 10.9. The summed E-state index contributed by atoms with van der Waals surface area (Å²) in [4.78, 5) is 12.1. The molecule has 3 nitrogen and oxygen atoms in total. The summed E-state index contributed by atoms with van der Waals surface area (Å²) in [5, 5.41) is 12.9. The summed E-state index contributed by atoms with van der Waals surface area (Å²) in [5.74, 6) is -1.05. The average molecular weight is 272 g/mol. The lowest BCUT2D eigenvalue weighted by molar-refractivity contribution is -0.141. The summed E-state index contributed by atoms with van der Waals surface area (Å²) in [6.07, 6.45) is 2.61. The highest BCUT2D eigenvalue weighted by atomic mass is 35.5. The molecular weight excluding hydrogens is 258 g/mol. The molecule has 92 valence electrons. The van der Waals surface area contributed by atoms with Gasteiger partial charge in [-0.3, -0.25) is 4.79 Å². The second kappa shape index (κ2) is 5.29. The monoisotopic (exact) mass is 271 g/mol. The maximum Gasteiger partial charge on any atom is 0.307 e. The number of carboxylic acids is 1. The van der Waals surface area contributed by atoms with Crippen LogP contribution in [-0.2, 0) is 4.79 Å². The van der Waals surface area contributed by atoms with Crippen LogP contribution in [-0.4, -0.2) is 23.9 Å². The molecule has 2 N–H and O–H groups in total. The van der Waals surface area contributed by atoms with E-state index in [0.717, 1.165) is 10.5 Å². The Bertz CT molecular complexity index is 439. The molecular formula is C12H14ClNO2S. The Morgan fingerprint density at radius 1 is 1.59 bits per heavy atom. The summed E-state index contributed by atoms with van der Waals surface area (Å²) >= 11 is 7.82. The lowest BCUT2D eigenvalue weighted by Crippen LogP contribution is -2.17. The Labute approximate surface area is 110 Å². The number of carbonyl (C=O) groups is 1. The Morgan fingerprint density at radius 2 is 2.35 bits per heavy atom. The fourth-order valence-corrected chi connectivity index (χ4v) is 2.77. The van der Waals surface area contributed by atoms with Gasteiger partial charge in [0, 0.05) is 22.5 Å². The van der Waals surface area contributed by atoms with Crippen molar-refractivity contribution in [3.8, 4) is 0 Å². The SMILES string of the molecule is CSc1ccc(Cl)c(C2CC(C(=O)O)CN2)c1. The highest BCUT2D eigenvalue weighted by Crippen LogP contribution is 2.34. The molecule has 0 saturated carbocycles. The zero-order valence-electron chi connectivity index (χ0n) is 9.44. The Morgan fingerprint density at radius 3 is 2.94 bits per heavy atom. The number of nitrogens with one attached hydrogen (secondary N) is 1. The van der Waals surface area contributed by atoms with Crippen molar-refractivity contribution in [2.24, 2.45) is 5.92 Å². The standard InChI is InChI=1S/C12H14ClNO2S/c1-17-8-2-3-10(13)9(5-8)11-4-7(6-14-11)12(15)16/h2-3,5,7,11,14H,4,6H2,1H3,(H,15,16). The topological polar surface area (TPSA) is 49.3 Å². The third kappa shape index (κ3) is 2.76. The maximum absolute atomic E-state index is 10.9. The molecule has 0 radical (unpaired) electrons. The largest absolute Gasteiger partial charge is 0.481 e. The van der Waals surface area contributed by atoms with Gasteiger partial charge in [-0.1, -0.05) is 11.6 Å². The average Bonchev–Trinajstić information content (AvgIpc) is 2.79. The van der Waals surface area contributed by atoms with Crippen LogP contribution in [0.25, 0.3) is 0 Å². The molecule has 1 aromatic rings. The van der Waals surface area contributed by atoms with Crippen molar-refractivity contribution in [1.29, 1.82) is 0 Å². The highest BCUT2D eigenvalue weighted by molar-refractivity contribution is 7.98. The molecule has 17 heavy (non-hydrogen) atoms. The van der Waals surface area contributed by atoms with Crippen LogP contribution in [0.4, 0.5) is 0 Å². The van der Waals surface area contributed by atoms with Crippen molar-refractivity contribution in [1.82, 2.24) is 5.32 Å². The zero-order valence-corrected chi connectivity index (χ0v) is 11.0. The number of thioether (sulfide) groups is 1. The van der Waals surface area contributed by atoms with Crippen LogP contribution in [0.5, 0.6) is 0 Å². The van der Waals surface area contributed by atoms with Gasteiger partial charge in [0.15, 0.2) is 0 Å². The van der Waals surface area contributed by atoms with E-state index in [1.54, 1.807) is 11.8 Å². The van der Waals surface area contributed by atoms with Gasteiger partial charge in [-0.15, -0.1) is 11.8 Å². The molecule has 1 aromatic carbocycles. The first kappa shape index (κ1) is 12.7. The molecule has 0 spiro atoms. The third-order valence-electron chi connectivity index (χ3n) is 3.06. The van der Waals surface area contributed by atoms with Crippen LogP contribution in [0.3, 0.4) is 0 Å². The van der Waals surface area contributed by atoms with E-state index in [1.807, 2.05) is 24.5 Å². The van der Waals surface area contributed by atoms with E-state index in [2.05, 4.69) is 5.32 Å². The van der Waals surface area contributed by atoms with Crippen LogP contribution in [0.15, 0.2) is 23.1 Å². The number of aliphatic carboxylic acids is 1. The van der Waals surface area contributed by atoms with E-state index < -0.39 is 5.97 Å². The summed E-state index contributed by atoms with van der Waals surface area (Å²) in [5.41, 5.74) is 1.00. The number of halogens is 1. The van der Waals surface area contributed by atoms with Gasteiger partial charge >= 0.3 is 5.97 Å². The number of benzene rings is 1. The van der Waals surface area contributed by atoms with Crippen molar-refractivity contribution in [3.05, 3.63) is 28.8 Å². The molecule has 1 fully saturated rings. The zero-order chi connectivity index (χ0) is 12.4. The molecule has 1 saturated heterocycles. The van der Waals surface area contributed by atoms with E-state index >= 15 is 0 Å². The first-order chi connectivity index (χ1) is 8.11. The molecule has 5 heteroatoms. The molecule has 1 heterocycles. The van der Waals surface area contributed by atoms with Crippen molar-refractivity contribution >= 4 is 29.3 Å². The summed E-state index contributed by atoms with van der Waals surface area (Å²) < 4.78 is 0. The summed E-state index contributed by atoms with van der Waals surface area (Å²) in [7, 11) is 0. The van der Waals surface area contributed by atoms with Crippen molar-refractivity contribution in [2.75, 3.05) is 12.8 Å². The van der Waals surface area contributed by atoms with Gasteiger partial charge in [0.25, 0.3) is 0 Å². The van der Waals surface area contributed by atoms with Crippen molar-refractivity contribution < 1.29 is 9.90 Å². The van der Waals surface area contributed by atoms with Gasteiger partial charge in [-0.2, -0.15) is 0 Å². The first-order valence-electron chi connectivity index (χ1n) is 5.41. The molecule has 1 aliphatic heterocycles. The van der Waals surface area contributed by atoms with Crippen LogP contribution < -0.4 is 5.32 Å². The number of hydrogen-bond donors (Lipinski definition) is 2. The lowest BCUT2D eigenvalue weighted by atomic mass is 10.0. The normalized spacial score (nSPS) is 23.9. The highest BCUT2D eigenvalue weighted by Gasteiger charge is 2.31. The molecule has 2 rings (SSSR count).